The molecule has 0 radical (unpaired) electrons. The molecule has 0 bridgehead atoms. The summed E-state index contributed by atoms with van der Waals surface area (Å²) in [5.41, 5.74) is 5.39. The van der Waals surface area contributed by atoms with Crippen LogP contribution < -0.4 is 5.73 Å². The van der Waals surface area contributed by atoms with Crippen molar-refractivity contribution >= 4 is 24.2 Å². The van der Waals surface area contributed by atoms with Gasteiger partial charge in [0.15, 0.2) is 0 Å². The number of likely N-dealkylation sites (tertiary alicyclic amines) is 2. The topological polar surface area (TPSA) is 66.6 Å². The minimum absolute atomic E-state index is 0. The lowest BCUT2D eigenvalue weighted by Gasteiger charge is -2.39. The number of halogens is 1. The quantitative estimate of drug-likeness (QED) is 0.838. The van der Waals surface area contributed by atoms with Crippen molar-refractivity contribution in [3.8, 4) is 0 Å². The van der Waals surface area contributed by atoms with Gasteiger partial charge in [-0.25, -0.2) is 0 Å². The fraction of sp³-hybridized carbons (Fsp3) is 0.889. The largest absolute Gasteiger partial charge is 0.342 e. The van der Waals surface area contributed by atoms with E-state index in [2.05, 4.69) is 6.92 Å². The SMILES string of the molecule is CCCC(C)(N)C(=O)N1CCC(C(=O)N2CCCC(C)C2)CC1.Cl. The van der Waals surface area contributed by atoms with Crippen molar-refractivity contribution in [2.75, 3.05) is 26.2 Å². The molecule has 5 nitrogen and oxygen atoms in total. The van der Waals surface area contributed by atoms with Crippen molar-refractivity contribution in [1.82, 2.24) is 9.80 Å². The molecule has 6 heteroatoms. The lowest BCUT2D eigenvalue weighted by Crippen LogP contribution is -2.55. The first-order valence-electron chi connectivity index (χ1n) is 9.22. The first-order valence-corrected chi connectivity index (χ1v) is 9.22. The minimum Gasteiger partial charge on any atom is -0.342 e. The van der Waals surface area contributed by atoms with Crippen LogP contribution >= 0.6 is 12.4 Å². The van der Waals surface area contributed by atoms with E-state index in [0.29, 0.717) is 31.3 Å². The summed E-state index contributed by atoms with van der Waals surface area (Å²) in [6, 6.07) is 0. The van der Waals surface area contributed by atoms with Gasteiger partial charge >= 0.3 is 0 Å². The van der Waals surface area contributed by atoms with E-state index in [-0.39, 0.29) is 24.2 Å². The number of hydrogen-bond acceptors (Lipinski definition) is 3. The van der Waals surface area contributed by atoms with Gasteiger partial charge in [-0.3, -0.25) is 9.59 Å². The van der Waals surface area contributed by atoms with E-state index in [1.54, 1.807) is 0 Å². The molecule has 0 aromatic rings. The second-order valence-corrected chi connectivity index (χ2v) is 7.77. The maximum Gasteiger partial charge on any atom is 0.242 e. The predicted molar refractivity (Wildman–Crippen MR) is 99.0 cm³/mol. The van der Waals surface area contributed by atoms with Crippen LogP contribution in [0.2, 0.25) is 0 Å². The van der Waals surface area contributed by atoms with Gasteiger partial charge in [-0.1, -0.05) is 20.3 Å². The molecule has 140 valence electrons. The van der Waals surface area contributed by atoms with E-state index < -0.39 is 5.54 Å². The number of amides is 2. The molecule has 2 unspecified atom stereocenters. The summed E-state index contributed by atoms with van der Waals surface area (Å²) < 4.78 is 0. The Labute approximate surface area is 152 Å². The lowest BCUT2D eigenvalue weighted by atomic mass is 9.90. The highest BCUT2D eigenvalue weighted by molar-refractivity contribution is 5.86. The molecule has 24 heavy (non-hydrogen) atoms. The van der Waals surface area contributed by atoms with Gasteiger partial charge in [-0.05, 0) is 44.9 Å². The van der Waals surface area contributed by atoms with E-state index in [0.717, 1.165) is 38.8 Å². The molecule has 0 aromatic heterocycles. The second kappa shape index (κ2) is 9.04. The molecule has 2 rings (SSSR count). The molecule has 0 aromatic carbocycles. The fourth-order valence-corrected chi connectivity index (χ4v) is 3.96. The molecule has 2 N–H and O–H groups in total. The smallest absolute Gasteiger partial charge is 0.242 e. The molecule has 2 saturated heterocycles. The first-order chi connectivity index (χ1) is 10.8. The molecule has 2 atom stereocenters. The van der Waals surface area contributed by atoms with Crippen LogP contribution in [0.25, 0.3) is 0 Å². The summed E-state index contributed by atoms with van der Waals surface area (Å²) in [6.07, 6.45) is 5.50. The number of hydrogen-bond donors (Lipinski definition) is 1. The standard InChI is InChI=1S/C18H33N3O2.ClH/c1-4-9-18(3,19)17(23)20-11-7-15(8-12-20)16(22)21-10-5-6-14(2)13-21;/h14-15H,4-13,19H2,1-3H3;1H. The zero-order chi connectivity index (χ0) is 17.0. The zero-order valence-corrected chi connectivity index (χ0v) is 16.2. The Bertz CT molecular complexity index is 434. The second-order valence-electron chi connectivity index (χ2n) is 7.77. The van der Waals surface area contributed by atoms with Gasteiger partial charge < -0.3 is 15.5 Å². The number of nitrogens with two attached hydrogens (primary N) is 1. The molecule has 0 spiro atoms. The van der Waals surface area contributed by atoms with Crippen LogP contribution in [0.5, 0.6) is 0 Å². The van der Waals surface area contributed by atoms with E-state index in [1.165, 1.54) is 6.42 Å². The maximum absolute atomic E-state index is 12.7. The predicted octanol–water partition coefficient (Wildman–Crippen LogP) is 2.42. The van der Waals surface area contributed by atoms with Crippen LogP contribution in [-0.4, -0.2) is 53.3 Å². The molecule has 2 heterocycles. The Morgan fingerprint density at radius 1 is 1.12 bits per heavy atom. The summed E-state index contributed by atoms with van der Waals surface area (Å²) in [7, 11) is 0. The molecular weight excluding hydrogens is 326 g/mol. The summed E-state index contributed by atoms with van der Waals surface area (Å²) >= 11 is 0. The summed E-state index contributed by atoms with van der Waals surface area (Å²) in [6.45, 7) is 9.21. The fourth-order valence-electron chi connectivity index (χ4n) is 3.96. The van der Waals surface area contributed by atoms with E-state index >= 15 is 0 Å². The molecule has 0 aliphatic carbocycles. The summed E-state index contributed by atoms with van der Waals surface area (Å²) in [5, 5.41) is 0. The van der Waals surface area contributed by atoms with Crippen molar-refractivity contribution in [2.45, 2.75) is 64.8 Å². The van der Waals surface area contributed by atoms with Crippen LogP contribution in [0.3, 0.4) is 0 Å². The summed E-state index contributed by atoms with van der Waals surface area (Å²) in [5.74, 6) is 1.03. The van der Waals surface area contributed by atoms with Crippen molar-refractivity contribution in [3.63, 3.8) is 0 Å². The van der Waals surface area contributed by atoms with Gasteiger partial charge in [-0.15, -0.1) is 12.4 Å². The Hall–Kier alpha value is -0.810. The number of carbonyl (C=O) groups excluding carboxylic acids is 2. The normalized spacial score (nSPS) is 24.9. The molecule has 2 amide bonds. The first kappa shape index (κ1) is 21.2. The van der Waals surface area contributed by atoms with Crippen LogP contribution in [0, 0.1) is 11.8 Å². The van der Waals surface area contributed by atoms with E-state index in [4.69, 9.17) is 5.73 Å². The number of piperidine rings is 2. The summed E-state index contributed by atoms with van der Waals surface area (Å²) in [4.78, 5) is 29.1. The highest BCUT2D eigenvalue weighted by Crippen LogP contribution is 2.25. The van der Waals surface area contributed by atoms with Crippen molar-refractivity contribution < 1.29 is 9.59 Å². The molecule has 2 aliphatic heterocycles. The van der Waals surface area contributed by atoms with Crippen molar-refractivity contribution in [3.05, 3.63) is 0 Å². The third kappa shape index (κ3) is 5.09. The van der Waals surface area contributed by atoms with Crippen LogP contribution in [0.4, 0.5) is 0 Å². The van der Waals surface area contributed by atoms with Crippen LogP contribution in [-0.2, 0) is 9.59 Å². The Balaban J connectivity index is 0.00000288. The van der Waals surface area contributed by atoms with Gasteiger partial charge in [-0.2, -0.15) is 0 Å². The molecular formula is C18H34ClN3O2. The van der Waals surface area contributed by atoms with Crippen molar-refractivity contribution in [2.24, 2.45) is 17.6 Å². The molecule has 2 fully saturated rings. The van der Waals surface area contributed by atoms with Crippen molar-refractivity contribution in [1.29, 1.82) is 0 Å². The maximum atomic E-state index is 12.7. The van der Waals surface area contributed by atoms with E-state index in [1.807, 2.05) is 23.6 Å². The lowest BCUT2D eigenvalue weighted by molar-refractivity contribution is -0.144. The van der Waals surface area contributed by atoms with E-state index in [9.17, 15) is 9.59 Å². The monoisotopic (exact) mass is 359 g/mol. The number of carbonyl (C=O) groups is 2. The molecule has 2 aliphatic rings. The van der Waals surface area contributed by atoms with Gasteiger partial charge in [0.05, 0.1) is 5.54 Å². The van der Waals surface area contributed by atoms with Crippen LogP contribution in [0.15, 0.2) is 0 Å². The zero-order valence-electron chi connectivity index (χ0n) is 15.4. The third-order valence-corrected chi connectivity index (χ3v) is 5.36. The average Bonchev–Trinajstić information content (AvgIpc) is 2.53. The average molecular weight is 360 g/mol. The van der Waals surface area contributed by atoms with Gasteiger partial charge in [0, 0.05) is 32.1 Å². The van der Waals surface area contributed by atoms with Gasteiger partial charge in [0.25, 0.3) is 0 Å². The number of rotatable bonds is 4. The van der Waals surface area contributed by atoms with Crippen LogP contribution in [0.1, 0.15) is 59.3 Å². The van der Waals surface area contributed by atoms with Gasteiger partial charge in [0.1, 0.15) is 0 Å². The Morgan fingerprint density at radius 2 is 1.75 bits per heavy atom. The Kier molecular flexibility index (Phi) is 8.00. The number of nitrogens with zero attached hydrogens (tertiary/aromatic N) is 2. The minimum atomic E-state index is -0.770. The Morgan fingerprint density at radius 3 is 2.29 bits per heavy atom. The highest BCUT2D eigenvalue weighted by atomic mass is 35.5. The third-order valence-electron chi connectivity index (χ3n) is 5.36. The molecule has 0 saturated carbocycles. The van der Waals surface area contributed by atoms with Gasteiger partial charge in [0.2, 0.25) is 11.8 Å². The highest BCUT2D eigenvalue weighted by Gasteiger charge is 2.36.